The number of hydrogen-bond acceptors (Lipinski definition) is 2. The molecule has 2 nitrogen and oxygen atoms in total. The van der Waals surface area contributed by atoms with Gasteiger partial charge in [-0.05, 0) is 20.3 Å². The van der Waals surface area contributed by atoms with E-state index in [4.69, 9.17) is 9.84 Å². The second-order valence-electron chi connectivity index (χ2n) is 1.74. The van der Waals surface area contributed by atoms with Gasteiger partial charge >= 0.3 is 0 Å². The molecule has 0 aromatic carbocycles. The van der Waals surface area contributed by atoms with Crippen molar-refractivity contribution in [1.29, 1.82) is 0 Å². The quantitative estimate of drug-likeness (QED) is 0.556. The maximum absolute atomic E-state index is 8.69. The van der Waals surface area contributed by atoms with Crippen LogP contribution in [0.15, 0.2) is 0 Å². The third kappa shape index (κ3) is 5.92. The fraction of sp³-hybridized carbons (Fsp3) is 0.833. The van der Waals surface area contributed by atoms with Gasteiger partial charge in [-0.2, -0.15) is 0 Å². The summed E-state index contributed by atoms with van der Waals surface area (Å²) in [7, 11) is 0. The van der Waals surface area contributed by atoms with Gasteiger partial charge in [0.05, 0.1) is 12.7 Å². The molecule has 1 N–H and O–H groups in total. The van der Waals surface area contributed by atoms with Crippen LogP contribution in [0.25, 0.3) is 0 Å². The Bertz CT molecular complexity index is 43.8. The van der Waals surface area contributed by atoms with Gasteiger partial charge in [-0.25, -0.2) is 0 Å². The summed E-state index contributed by atoms with van der Waals surface area (Å²) >= 11 is 0. The monoisotopic (exact) mass is 117 g/mol. The van der Waals surface area contributed by atoms with Crippen LogP contribution >= 0.6 is 0 Å². The SMILES string of the molecule is C[CH]OCCC(C)O. The Balaban J connectivity index is 2.72. The molecular formula is C6H13O2. The molecule has 8 heavy (non-hydrogen) atoms. The lowest BCUT2D eigenvalue weighted by atomic mass is 10.3. The first-order chi connectivity index (χ1) is 3.77. The number of hydrogen-bond donors (Lipinski definition) is 1. The van der Waals surface area contributed by atoms with Crippen molar-refractivity contribution in [3.8, 4) is 0 Å². The molecule has 0 saturated carbocycles. The number of aliphatic hydroxyl groups is 1. The Morgan fingerprint density at radius 3 is 2.75 bits per heavy atom. The minimum Gasteiger partial charge on any atom is -0.393 e. The van der Waals surface area contributed by atoms with Crippen molar-refractivity contribution in [3.05, 3.63) is 6.61 Å². The van der Waals surface area contributed by atoms with E-state index in [-0.39, 0.29) is 6.10 Å². The van der Waals surface area contributed by atoms with Gasteiger partial charge in [0, 0.05) is 6.61 Å². The van der Waals surface area contributed by atoms with Crippen molar-refractivity contribution < 1.29 is 9.84 Å². The van der Waals surface area contributed by atoms with Crippen molar-refractivity contribution in [1.82, 2.24) is 0 Å². The lowest BCUT2D eigenvalue weighted by molar-refractivity contribution is 0.124. The zero-order valence-electron chi connectivity index (χ0n) is 5.42. The van der Waals surface area contributed by atoms with Crippen molar-refractivity contribution in [2.45, 2.75) is 26.4 Å². The molecule has 0 amide bonds. The van der Waals surface area contributed by atoms with Gasteiger partial charge in [0.25, 0.3) is 0 Å². The minimum absolute atomic E-state index is 0.241. The molecule has 0 rings (SSSR count). The Morgan fingerprint density at radius 2 is 2.38 bits per heavy atom. The molecule has 0 aliphatic rings. The van der Waals surface area contributed by atoms with E-state index in [9.17, 15) is 0 Å². The molecule has 0 aromatic heterocycles. The van der Waals surface area contributed by atoms with E-state index >= 15 is 0 Å². The number of rotatable bonds is 4. The zero-order chi connectivity index (χ0) is 6.41. The van der Waals surface area contributed by atoms with Gasteiger partial charge < -0.3 is 9.84 Å². The lowest BCUT2D eigenvalue weighted by Crippen LogP contribution is -2.03. The van der Waals surface area contributed by atoms with Gasteiger partial charge in [0.15, 0.2) is 0 Å². The third-order valence-electron chi connectivity index (χ3n) is 0.820. The normalized spacial score (nSPS) is 13.9. The Hall–Kier alpha value is -0.0800. The number of ether oxygens (including phenoxy) is 1. The third-order valence-corrected chi connectivity index (χ3v) is 0.820. The first kappa shape index (κ1) is 7.92. The van der Waals surface area contributed by atoms with E-state index in [1.807, 2.05) is 6.92 Å². The highest BCUT2D eigenvalue weighted by molar-refractivity contribution is 4.45. The molecular weight excluding hydrogens is 104 g/mol. The van der Waals surface area contributed by atoms with E-state index in [2.05, 4.69) is 0 Å². The highest BCUT2D eigenvalue weighted by atomic mass is 16.5. The topological polar surface area (TPSA) is 29.5 Å². The highest BCUT2D eigenvalue weighted by Gasteiger charge is 1.92. The molecule has 0 heterocycles. The fourth-order valence-electron chi connectivity index (χ4n) is 0.356. The molecule has 0 aliphatic heterocycles. The summed E-state index contributed by atoms with van der Waals surface area (Å²) in [5.74, 6) is 0. The molecule has 0 saturated heterocycles. The van der Waals surface area contributed by atoms with E-state index in [1.165, 1.54) is 0 Å². The number of aliphatic hydroxyl groups excluding tert-OH is 1. The molecule has 0 aromatic rings. The summed E-state index contributed by atoms with van der Waals surface area (Å²) < 4.78 is 4.86. The molecule has 0 bridgehead atoms. The minimum atomic E-state index is -0.241. The zero-order valence-corrected chi connectivity index (χ0v) is 5.42. The smallest absolute Gasteiger partial charge is 0.0805 e. The maximum atomic E-state index is 8.69. The molecule has 1 unspecified atom stereocenters. The van der Waals surface area contributed by atoms with E-state index in [0.717, 1.165) is 0 Å². The molecule has 2 heteroatoms. The largest absolute Gasteiger partial charge is 0.393 e. The predicted molar refractivity (Wildman–Crippen MR) is 32.2 cm³/mol. The molecule has 1 atom stereocenters. The average Bonchev–Trinajstić information content (AvgIpc) is 1.66. The van der Waals surface area contributed by atoms with Crippen LogP contribution in [0.4, 0.5) is 0 Å². The van der Waals surface area contributed by atoms with Gasteiger partial charge in [-0.15, -0.1) is 0 Å². The van der Waals surface area contributed by atoms with Gasteiger partial charge in [-0.1, -0.05) is 0 Å². The van der Waals surface area contributed by atoms with Crippen molar-refractivity contribution >= 4 is 0 Å². The van der Waals surface area contributed by atoms with Crippen molar-refractivity contribution in [2.24, 2.45) is 0 Å². The van der Waals surface area contributed by atoms with Crippen LogP contribution in [0.5, 0.6) is 0 Å². The highest BCUT2D eigenvalue weighted by Crippen LogP contribution is 1.90. The Morgan fingerprint density at radius 1 is 1.75 bits per heavy atom. The maximum Gasteiger partial charge on any atom is 0.0805 e. The van der Waals surface area contributed by atoms with Crippen LogP contribution in [0.1, 0.15) is 20.3 Å². The van der Waals surface area contributed by atoms with Crippen LogP contribution in [0.3, 0.4) is 0 Å². The summed E-state index contributed by atoms with van der Waals surface area (Å²) in [4.78, 5) is 0. The standard InChI is InChI=1S/C6H13O2/c1-3-8-5-4-6(2)7/h3,6-7H,4-5H2,1-2H3. The molecule has 49 valence electrons. The van der Waals surface area contributed by atoms with Gasteiger partial charge in [0.1, 0.15) is 0 Å². The summed E-state index contributed by atoms with van der Waals surface area (Å²) in [6.45, 7) is 5.82. The van der Waals surface area contributed by atoms with Gasteiger partial charge in [-0.3, -0.25) is 0 Å². The summed E-state index contributed by atoms with van der Waals surface area (Å²) in [5.41, 5.74) is 0. The Kier molecular flexibility index (Phi) is 5.01. The predicted octanol–water partition coefficient (Wildman–Crippen LogP) is 0.956. The van der Waals surface area contributed by atoms with E-state index < -0.39 is 0 Å². The second-order valence-corrected chi connectivity index (χ2v) is 1.74. The van der Waals surface area contributed by atoms with Crippen LogP contribution in [0.2, 0.25) is 0 Å². The fourth-order valence-corrected chi connectivity index (χ4v) is 0.356. The molecule has 0 aliphatic carbocycles. The van der Waals surface area contributed by atoms with Crippen molar-refractivity contribution in [3.63, 3.8) is 0 Å². The average molecular weight is 117 g/mol. The summed E-state index contributed by atoms with van der Waals surface area (Å²) in [6.07, 6.45) is 0.472. The second kappa shape index (κ2) is 5.06. The molecule has 0 spiro atoms. The van der Waals surface area contributed by atoms with E-state index in [0.29, 0.717) is 13.0 Å². The molecule has 1 radical (unpaired) electrons. The van der Waals surface area contributed by atoms with E-state index in [1.54, 1.807) is 13.5 Å². The van der Waals surface area contributed by atoms with Crippen molar-refractivity contribution in [2.75, 3.05) is 6.61 Å². The first-order valence-corrected chi connectivity index (χ1v) is 2.85. The molecule has 0 fully saturated rings. The van der Waals surface area contributed by atoms with Gasteiger partial charge in [0.2, 0.25) is 0 Å². The summed E-state index contributed by atoms with van der Waals surface area (Å²) in [6, 6.07) is 0. The Labute approximate surface area is 50.5 Å². The summed E-state index contributed by atoms with van der Waals surface area (Å²) in [5, 5.41) is 8.69. The van der Waals surface area contributed by atoms with Crippen LogP contribution in [-0.4, -0.2) is 17.8 Å². The van der Waals surface area contributed by atoms with Crippen LogP contribution in [-0.2, 0) is 4.74 Å². The van der Waals surface area contributed by atoms with Crippen LogP contribution in [0, 0.1) is 6.61 Å². The lowest BCUT2D eigenvalue weighted by Gasteiger charge is -2.01. The van der Waals surface area contributed by atoms with Crippen LogP contribution < -0.4 is 0 Å². The first-order valence-electron chi connectivity index (χ1n) is 2.85.